The highest BCUT2D eigenvalue weighted by molar-refractivity contribution is 8.00. The first kappa shape index (κ1) is 15.2. The average Bonchev–Trinajstić information content (AvgIpc) is 2.87. The van der Waals surface area contributed by atoms with Crippen molar-refractivity contribution in [1.29, 1.82) is 0 Å². The molecule has 2 rings (SSSR count). The van der Waals surface area contributed by atoms with Crippen LogP contribution < -0.4 is 11.1 Å². The number of thioether (sulfide) groups is 1. The van der Waals surface area contributed by atoms with Gasteiger partial charge in [0, 0.05) is 29.3 Å². The summed E-state index contributed by atoms with van der Waals surface area (Å²) in [4.78, 5) is 12.1. The number of carbonyl (C=O) groups excluding carboxylic acids is 1. The molecule has 20 heavy (non-hydrogen) atoms. The molecule has 0 aliphatic carbocycles. The summed E-state index contributed by atoms with van der Waals surface area (Å²) in [5.74, 6) is 0.853. The smallest absolute Gasteiger partial charge is 0.251 e. The summed E-state index contributed by atoms with van der Waals surface area (Å²) in [6.07, 6.45) is 3.39. The normalized spacial score (nSPS) is 18.9. The number of nitrogens with two attached hydrogens (primary N) is 1. The van der Waals surface area contributed by atoms with E-state index in [9.17, 15) is 13.2 Å². The van der Waals surface area contributed by atoms with Crippen LogP contribution >= 0.6 is 11.8 Å². The minimum atomic E-state index is -3.38. The Morgan fingerprint density at radius 2 is 2.20 bits per heavy atom. The van der Waals surface area contributed by atoms with E-state index in [2.05, 4.69) is 5.32 Å². The molecule has 5 nitrogen and oxygen atoms in total. The topological polar surface area (TPSA) is 89.3 Å². The number of hydrogen-bond donors (Lipinski definition) is 2. The number of benzene rings is 1. The van der Waals surface area contributed by atoms with Crippen molar-refractivity contribution < 1.29 is 13.2 Å². The predicted octanol–water partition coefficient (Wildman–Crippen LogP) is 1.30. The van der Waals surface area contributed by atoms with Crippen LogP contribution in [0.25, 0.3) is 0 Å². The fraction of sp³-hybridized carbons (Fsp3) is 0.462. The van der Waals surface area contributed by atoms with Gasteiger partial charge < -0.3 is 11.1 Å². The Bertz CT molecular complexity index is 608. The van der Waals surface area contributed by atoms with Crippen LogP contribution in [-0.2, 0) is 9.84 Å². The molecule has 0 spiro atoms. The van der Waals surface area contributed by atoms with Crippen molar-refractivity contribution in [2.75, 3.05) is 24.3 Å². The summed E-state index contributed by atoms with van der Waals surface area (Å²) in [7, 11) is -3.38. The molecule has 1 unspecified atom stereocenters. The highest BCUT2D eigenvalue weighted by Crippen LogP contribution is 2.25. The minimum Gasteiger partial charge on any atom is -0.399 e. The largest absolute Gasteiger partial charge is 0.399 e. The molecule has 1 heterocycles. The van der Waals surface area contributed by atoms with Gasteiger partial charge in [-0.15, -0.1) is 0 Å². The first-order valence-corrected chi connectivity index (χ1v) is 9.31. The number of amides is 1. The summed E-state index contributed by atoms with van der Waals surface area (Å²) in [6, 6.07) is 4.22. The van der Waals surface area contributed by atoms with Crippen molar-refractivity contribution in [3.8, 4) is 0 Å². The second-order valence-electron chi connectivity index (χ2n) is 4.91. The van der Waals surface area contributed by atoms with Gasteiger partial charge >= 0.3 is 0 Å². The lowest BCUT2D eigenvalue weighted by Crippen LogP contribution is -2.29. The van der Waals surface area contributed by atoms with Crippen molar-refractivity contribution in [3.05, 3.63) is 23.8 Å². The molecule has 1 amide bonds. The number of nitrogens with one attached hydrogen (secondary N) is 1. The zero-order valence-electron chi connectivity index (χ0n) is 11.3. The Hall–Kier alpha value is -1.21. The summed E-state index contributed by atoms with van der Waals surface area (Å²) in [6.45, 7) is 0.604. The SMILES string of the molecule is CS(=O)(=O)c1cc(N)cc(C(=O)NCC2CCCS2)c1. The molecule has 0 aromatic heterocycles. The van der Waals surface area contributed by atoms with E-state index in [0.29, 0.717) is 11.8 Å². The van der Waals surface area contributed by atoms with Gasteiger partial charge in [0.25, 0.3) is 5.91 Å². The Morgan fingerprint density at radius 3 is 2.80 bits per heavy atom. The van der Waals surface area contributed by atoms with Crippen LogP contribution in [0.3, 0.4) is 0 Å². The minimum absolute atomic E-state index is 0.0675. The van der Waals surface area contributed by atoms with Crippen LogP contribution in [0.5, 0.6) is 0 Å². The van der Waals surface area contributed by atoms with Gasteiger partial charge in [-0.1, -0.05) is 0 Å². The maximum atomic E-state index is 12.1. The molecule has 1 aliphatic rings. The Kier molecular flexibility index (Phi) is 4.59. The van der Waals surface area contributed by atoms with Crippen molar-refractivity contribution in [1.82, 2.24) is 5.32 Å². The van der Waals surface area contributed by atoms with Gasteiger partial charge in [-0.2, -0.15) is 11.8 Å². The summed E-state index contributed by atoms with van der Waals surface area (Å²) in [5.41, 5.74) is 6.22. The van der Waals surface area contributed by atoms with E-state index in [1.807, 2.05) is 11.8 Å². The van der Waals surface area contributed by atoms with Crippen molar-refractivity contribution in [3.63, 3.8) is 0 Å². The van der Waals surface area contributed by atoms with Gasteiger partial charge in [0.05, 0.1) is 4.90 Å². The number of hydrogen-bond acceptors (Lipinski definition) is 5. The van der Waals surface area contributed by atoms with Crippen LogP contribution in [0.15, 0.2) is 23.1 Å². The molecular weight excluding hydrogens is 296 g/mol. The van der Waals surface area contributed by atoms with E-state index in [1.54, 1.807) is 0 Å². The second kappa shape index (κ2) is 6.05. The molecule has 0 bridgehead atoms. The lowest BCUT2D eigenvalue weighted by atomic mass is 10.2. The Labute approximate surface area is 123 Å². The van der Waals surface area contributed by atoms with Crippen LogP contribution in [-0.4, -0.2) is 38.1 Å². The molecule has 1 aromatic carbocycles. The van der Waals surface area contributed by atoms with Crippen LogP contribution in [0.2, 0.25) is 0 Å². The zero-order chi connectivity index (χ0) is 14.8. The van der Waals surface area contributed by atoms with Crippen molar-refractivity contribution in [2.24, 2.45) is 0 Å². The molecule has 1 aromatic rings. The first-order chi connectivity index (χ1) is 9.36. The standard InChI is InChI=1S/C13H18N2O3S2/c1-20(17,18)12-6-9(5-10(14)7-12)13(16)15-8-11-3-2-4-19-11/h5-7,11H,2-4,8,14H2,1H3,(H,15,16). The van der Waals surface area contributed by atoms with E-state index in [-0.39, 0.29) is 22.1 Å². The Morgan fingerprint density at radius 1 is 1.45 bits per heavy atom. The van der Waals surface area contributed by atoms with Gasteiger partial charge in [0.2, 0.25) is 0 Å². The van der Waals surface area contributed by atoms with Crippen LogP contribution in [0.4, 0.5) is 5.69 Å². The molecule has 1 aliphatic heterocycles. The van der Waals surface area contributed by atoms with Gasteiger partial charge in [-0.05, 0) is 36.8 Å². The van der Waals surface area contributed by atoms with E-state index < -0.39 is 9.84 Å². The number of rotatable bonds is 4. The highest BCUT2D eigenvalue weighted by atomic mass is 32.2. The summed E-state index contributed by atoms with van der Waals surface area (Å²) in [5, 5.41) is 3.29. The van der Waals surface area contributed by atoms with Crippen molar-refractivity contribution in [2.45, 2.75) is 23.0 Å². The lowest BCUT2D eigenvalue weighted by molar-refractivity contribution is 0.0953. The molecule has 3 N–H and O–H groups in total. The molecular formula is C13H18N2O3S2. The highest BCUT2D eigenvalue weighted by Gasteiger charge is 2.18. The van der Waals surface area contributed by atoms with E-state index in [1.165, 1.54) is 24.6 Å². The van der Waals surface area contributed by atoms with Gasteiger partial charge in [-0.3, -0.25) is 4.79 Å². The molecule has 110 valence electrons. The monoisotopic (exact) mass is 314 g/mol. The quantitative estimate of drug-likeness (QED) is 0.818. The van der Waals surface area contributed by atoms with E-state index in [4.69, 9.17) is 5.73 Å². The molecule has 1 atom stereocenters. The van der Waals surface area contributed by atoms with Crippen LogP contribution in [0, 0.1) is 0 Å². The second-order valence-corrected chi connectivity index (χ2v) is 8.33. The first-order valence-electron chi connectivity index (χ1n) is 6.36. The fourth-order valence-electron chi connectivity index (χ4n) is 2.08. The number of nitrogen functional groups attached to an aromatic ring is 1. The van der Waals surface area contributed by atoms with Gasteiger partial charge in [0.1, 0.15) is 0 Å². The van der Waals surface area contributed by atoms with Gasteiger partial charge in [-0.25, -0.2) is 8.42 Å². The molecule has 0 saturated carbocycles. The number of sulfone groups is 1. The zero-order valence-corrected chi connectivity index (χ0v) is 12.9. The lowest BCUT2D eigenvalue weighted by Gasteiger charge is -2.11. The predicted molar refractivity (Wildman–Crippen MR) is 81.8 cm³/mol. The third-order valence-electron chi connectivity index (χ3n) is 3.13. The Balaban J connectivity index is 2.11. The van der Waals surface area contributed by atoms with Crippen LogP contribution in [0.1, 0.15) is 23.2 Å². The third kappa shape index (κ3) is 3.89. The summed E-state index contributed by atoms with van der Waals surface area (Å²) < 4.78 is 23.1. The number of carbonyl (C=O) groups is 1. The third-order valence-corrected chi connectivity index (χ3v) is 5.62. The molecule has 1 saturated heterocycles. The fourth-order valence-corrected chi connectivity index (χ4v) is 3.97. The van der Waals surface area contributed by atoms with E-state index in [0.717, 1.165) is 18.4 Å². The van der Waals surface area contributed by atoms with E-state index >= 15 is 0 Å². The molecule has 1 fully saturated rings. The number of anilines is 1. The maximum absolute atomic E-state index is 12.1. The van der Waals surface area contributed by atoms with Crippen molar-refractivity contribution >= 4 is 33.2 Å². The summed E-state index contributed by atoms with van der Waals surface area (Å²) >= 11 is 1.85. The van der Waals surface area contributed by atoms with Gasteiger partial charge in [0.15, 0.2) is 9.84 Å². The maximum Gasteiger partial charge on any atom is 0.251 e. The average molecular weight is 314 g/mol. The molecule has 0 radical (unpaired) electrons. The molecule has 7 heteroatoms.